The van der Waals surface area contributed by atoms with E-state index in [0.29, 0.717) is 145 Å². The highest BCUT2D eigenvalue weighted by Gasteiger charge is 2.19. The van der Waals surface area contributed by atoms with Gasteiger partial charge in [-0.1, -0.05) is 0 Å². The molecule has 0 radical (unpaired) electrons. The van der Waals surface area contributed by atoms with E-state index in [0.717, 1.165) is 0 Å². The number of nitrogens with zero attached hydrogens (tertiary/aromatic N) is 1. The van der Waals surface area contributed by atoms with Crippen molar-refractivity contribution in [1.29, 1.82) is 0 Å². The summed E-state index contributed by atoms with van der Waals surface area (Å²) in [6.07, 6.45) is -0.823. The van der Waals surface area contributed by atoms with Gasteiger partial charge in [-0.25, -0.2) is 9.59 Å². The number of alkyl carbamates (subject to hydrolysis) is 1. The molecule has 0 rings (SSSR count). The summed E-state index contributed by atoms with van der Waals surface area (Å²) >= 11 is 0. The van der Waals surface area contributed by atoms with Crippen molar-refractivity contribution in [2.24, 2.45) is 0 Å². The normalized spacial score (nSPS) is 11.9. The first-order chi connectivity index (χ1) is 23.4. The molecule has 16 nitrogen and oxygen atoms in total. The van der Waals surface area contributed by atoms with E-state index in [2.05, 4.69) is 5.32 Å². The van der Waals surface area contributed by atoms with Gasteiger partial charge in [-0.15, -0.1) is 0 Å². The van der Waals surface area contributed by atoms with Crippen molar-refractivity contribution in [3.05, 3.63) is 0 Å². The molecule has 0 saturated heterocycles. The lowest BCUT2D eigenvalue weighted by Crippen LogP contribution is -2.36. The zero-order valence-electron chi connectivity index (χ0n) is 31.2. The van der Waals surface area contributed by atoms with E-state index in [9.17, 15) is 9.59 Å². The maximum atomic E-state index is 11.9. The average molecular weight is 715 g/mol. The van der Waals surface area contributed by atoms with Crippen molar-refractivity contribution >= 4 is 12.2 Å². The van der Waals surface area contributed by atoms with E-state index in [4.69, 9.17) is 56.8 Å². The molecule has 0 atom stereocenters. The van der Waals surface area contributed by atoms with Gasteiger partial charge in [0.15, 0.2) is 0 Å². The van der Waals surface area contributed by atoms with Crippen molar-refractivity contribution in [3.8, 4) is 0 Å². The summed E-state index contributed by atoms with van der Waals surface area (Å²) in [5.41, 5.74) is -1.03. The van der Waals surface area contributed by atoms with Crippen LogP contribution in [0.3, 0.4) is 0 Å². The Bertz CT molecular complexity index is 765. The predicted molar refractivity (Wildman–Crippen MR) is 181 cm³/mol. The highest BCUT2D eigenvalue weighted by atomic mass is 16.6. The Morgan fingerprint density at radius 2 is 0.694 bits per heavy atom. The Morgan fingerprint density at radius 1 is 0.429 bits per heavy atom. The van der Waals surface area contributed by atoms with Crippen molar-refractivity contribution in [2.45, 2.75) is 52.7 Å². The van der Waals surface area contributed by atoms with Crippen LogP contribution < -0.4 is 5.32 Å². The highest BCUT2D eigenvalue weighted by molar-refractivity contribution is 5.68. The topological polar surface area (TPSA) is 160 Å². The van der Waals surface area contributed by atoms with Crippen molar-refractivity contribution in [1.82, 2.24) is 10.2 Å². The maximum absolute atomic E-state index is 11.9. The number of likely N-dealkylation sites (N-methyl/N-ethyl adjacent to an activating group) is 1. The third kappa shape index (κ3) is 38.8. The van der Waals surface area contributed by atoms with Gasteiger partial charge in [0.25, 0.3) is 0 Å². The molecule has 0 saturated carbocycles. The van der Waals surface area contributed by atoms with Crippen LogP contribution in [-0.2, 0) is 56.8 Å². The van der Waals surface area contributed by atoms with Crippen molar-refractivity contribution in [2.75, 3.05) is 152 Å². The predicted octanol–water partition coefficient (Wildman–Crippen LogP) is 2.54. The third-order valence-corrected chi connectivity index (χ3v) is 5.54. The van der Waals surface area contributed by atoms with Crippen LogP contribution in [0.2, 0.25) is 0 Å². The highest BCUT2D eigenvalue weighted by Crippen LogP contribution is 2.09. The number of rotatable bonds is 33. The second-order valence-corrected chi connectivity index (χ2v) is 12.5. The summed E-state index contributed by atoms with van der Waals surface area (Å²) in [4.78, 5) is 24.8. The number of amides is 2. The van der Waals surface area contributed by atoms with Crippen LogP contribution in [0.1, 0.15) is 41.5 Å². The molecule has 0 aliphatic carbocycles. The molecule has 0 aromatic carbocycles. The van der Waals surface area contributed by atoms with Gasteiger partial charge in [-0.05, 0) is 41.5 Å². The Hall–Kier alpha value is -1.86. The minimum Gasteiger partial charge on any atom is -0.444 e. The quantitative estimate of drug-likeness (QED) is 0.0988. The maximum Gasteiger partial charge on any atom is 0.410 e. The monoisotopic (exact) mass is 714 g/mol. The van der Waals surface area contributed by atoms with Crippen LogP contribution >= 0.6 is 0 Å². The third-order valence-electron chi connectivity index (χ3n) is 5.54. The van der Waals surface area contributed by atoms with Gasteiger partial charge in [-0.2, -0.15) is 0 Å². The number of hydrogen-bond donors (Lipinski definition) is 1. The molecule has 0 aromatic rings. The zero-order chi connectivity index (χ0) is 36.5. The molecule has 0 bridgehead atoms. The molecule has 292 valence electrons. The van der Waals surface area contributed by atoms with E-state index in [1.807, 2.05) is 41.5 Å². The fourth-order valence-corrected chi connectivity index (χ4v) is 3.25. The lowest BCUT2D eigenvalue weighted by molar-refractivity contribution is -0.0266. The van der Waals surface area contributed by atoms with Crippen LogP contribution in [0.4, 0.5) is 9.59 Å². The zero-order valence-corrected chi connectivity index (χ0v) is 31.2. The first-order valence-corrected chi connectivity index (χ1v) is 17.1. The molecule has 0 heterocycles. The van der Waals surface area contributed by atoms with Crippen LogP contribution in [-0.4, -0.2) is 181 Å². The molecular formula is C33H66N2O14. The standard InChI is InChI=1S/C33H66N2O14/c1-32(2,3)48-30(36)34-8-10-38-12-14-40-16-18-42-20-22-44-24-26-46-28-29-47-27-25-45-23-21-43-19-17-41-15-13-39-11-9-35(7)31(37)49-33(4,5)6/h8-29H2,1-7H3,(H,34,36). The van der Waals surface area contributed by atoms with E-state index >= 15 is 0 Å². The van der Waals surface area contributed by atoms with Gasteiger partial charge in [0.05, 0.1) is 132 Å². The van der Waals surface area contributed by atoms with E-state index in [1.165, 1.54) is 4.90 Å². The fraction of sp³-hybridized carbons (Fsp3) is 0.939. The molecule has 0 aliphatic rings. The second-order valence-electron chi connectivity index (χ2n) is 12.5. The molecule has 0 unspecified atom stereocenters. The molecule has 49 heavy (non-hydrogen) atoms. The van der Waals surface area contributed by atoms with Gasteiger partial charge >= 0.3 is 12.2 Å². The molecule has 2 amide bonds. The summed E-state index contributed by atoms with van der Waals surface area (Å²) in [6, 6.07) is 0. The fourth-order valence-electron chi connectivity index (χ4n) is 3.25. The van der Waals surface area contributed by atoms with Crippen LogP contribution in [0.15, 0.2) is 0 Å². The number of carbonyl (C=O) groups excluding carboxylic acids is 2. The minimum absolute atomic E-state index is 0.368. The lowest BCUT2D eigenvalue weighted by Gasteiger charge is -2.24. The van der Waals surface area contributed by atoms with Crippen LogP contribution in [0.25, 0.3) is 0 Å². The van der Waals surface area contributed by atoms with Crippen LogP contribution in [0, 0.1) is 0 Å². The summed E-state index contributed by atoms with van der Waals surface area (Å²) < 4.78 is 65.0. The molecule has 1 N–H and O–H groups in total. The molecular weight excluding hydrogens is 648 g/mol. The smallest absolute Gasteiger partial charge is 0.410 e. The SMILES string of the molecule is CN(CCOCCOCCOCCOCCOCCOCCOCCOCCOCCOCCNC(=O)OC(C)(C)C)C(=O)OC(C)(C)C. The Labute approximate surface area is 293 Å². The average Bonchev–Trinajstić information content (AvgIpc) is 3.01. The largest absolute Gasteiger partial charge is 0.444 e. The Morgan fingerprint density at radius 3 is 0.980 bits per heavy atom. The summed E-state index contributed by atoms with van der Waals surface area (Å²) in [6.45, 7) is 21.1. The summed E-state index contributed by atoms with van der Waals surface area (Å²) in [5.74, 6) is 0. The van der Waals surface area contributed by atoms with Gasteiger partial charge in [0, 0.05) is 20.1 Å². The second kappa shape index (κ2) is 32.1. The molecule has 0 spiro atoms. The van der Waals surface area contributed by atoms with Gasteiger partial charge in [0.2, 0.25) is 0 Å². The number of carbonyl (C=O) groups is 2. The summed E-state index contributed by atoms with van der Waals surface area (Å²) in [7, 11) is 1.68. The lowest BCUT2D eigenvalue weighted by atomic mass is 10.2. The van der Waals surface area contributed by atoms with Gasteiger partial charge < -0.3 is 67.1 Å². The first kappa shape index (κ1) is 47.1. The number of ether oxygens (including phenoxy) is 12. The van der Waals surface area contributed by atoms with Crippen LogP contribution in [0.5, 0.6) is 0 Å². The molecule has 0 aliphatic heterocycles. The van der Waals surface area contributed by atoms with E-state index in [-0.39, 0.29) is 6.09 Å². The number of nitrogens with one attached hydrogen (secondary N) is 1. The van der Waals surface area contributed by atoms with E-state index in [1.54, 1.807) is 7.05 Å². The molecule has 0 fully saturated rings. The van der Waals surface area contributed by atoms with Gasteiger partial charge in [0.1, 0.15) is 11.2 Å². The Balaban J connectivity index is 3.18. The van der Waals surface area contributed by atoms with E-state index < -0.39 is 17.3 Å². The van der Waals surface area contributed by atoms with Crippen molar-refractivity contribution in [3.63, 3.8) is 0 Å². The summed E-state index contributed by atoms with van der Waals surface area (Å²) in [5, 5.41) is 2.63. The van der Waals surface area contributed by atoms with Crippen molar-refractivity contribution < 1.29 is 66.4 Å². The van der Waals surface area contributed by atoms with Gasteiger partial charge in [-0.3, -0.25) is 0 Å². The Kier molecular flexibility index (Phi) is 30.9. The number of hydrogen-bond acceptors (Lipinski definition) is 14. The molecule has 0 aromatic heterocycles. The molecule has 16 heteroatoms. The minimum atomic E-state index is -0.515. The first-order valence-electron chi connectivity index (χ1n) is 17.1.